The van der Waals surface area contributed by atoms with Crippen molar-refractivity contribution in [1.29, 1.82) is 0 Å². The molecule has 0 N–H and O–H groups in total. The van der Waals surface area contributed by atoms with Crippen LogP contribution in [0.1, 0.15) is 48.3 Å². The summed E-state index contributed by atoms with van der Waals surface area (Å²) in [7, 11) is 2.93. The molecule has 0 aliphatic heterocycles. The molecule has 1 aliphatic rings. The van der Waals surface area contributed by atoms with E-state index in [4.69, 9.17) is 0 Å². The molecule has 2 heterocycles. The number of amides is 1. The molecular formula is C19H24N4O3. The van der Waals surface area contributed by atoms with Gasteiger partial charge in [0.2, 0.25) is 0 Å². The van der Waals surface area contributed by atoms with E-state index >= 15 is 0 Å². The van der Waals surface area contributed by atoms with Gasteiger partial charge >= 0.3 is 5.69 Å². The van der Waals surface area contributed by atoms with E-state index in [1.807, 2.05) is 18.2 Å². The normalized spacial score (nSPS) is 15.0. The Morgan fingerprint density at radius 2 is 1.88 bits per heavy atom. The van der Waals surface area contributed by atoms with Crippen molar-refractivity contribution in [3.05, 3.63) is 62.7 Å². The summed E-state index contributed by atoms with van der Waals surface area (Å²) >= 11 is 0. The number of carbonyl (C=O) groups is 1. The third-order valence-electron chi connectivity index (χ3n) is 5.08. The summed E-state index contributed by atoms with van der Waals surface area (Å²) in [4.78, 5) is 43.6. The minimum atomic E-state index is -0.498. The van der Waals surface area contributed by atoms with E-state index in [2.05, 4.69) is 4.98 Å². The monoisotopic (exact) mass is 356 g/mol. The first-order valence-corrected chi connectivity index (χ1v) is 8.97. The predicted octanol–water partition coefficient (Wildman–Crippen LogP) is 1.45. The third kappa shape index (κ3) is 3.61. The van der Waals surface area contributed by atoms with Crippen LogP contribution in [0.5, 0.6) is 0 Å². The van der Waals surface area contributed by atoms with Gasteiger partial charge in [0.05, 0.1) is 12.2 Å². The number of rotatable bonds is 4. The Bertz CT molecular complexity index is 895. The lowest BCUT2D eigenvalue weighted by Crippen LogP contribution is -2.45. The number of hydrogen-bond acceptors (Lipinski definition) is 4. The summed E-state index contributed by atoms with van der Waals surface area (Å²) in [5.41, 5.74) is -0.0555. The van der Waals surface area contributed by atoms with Crippen molar-refractivity contribution < 1.29 is 4.79 Å². The molecule has 138 valence electrons. The number of hydrogen-bond donors (Lipinski definition) is 0. The van der Waals surface area contributed by atoms with Crippen LogP contribution in [-0.2, 0) is 20.6 Å². The van der Waals surface area contributed by atoms with Gasteiger partial charge in [-0.2, -0.15) is 0 Å². The Morgan fingerprint density at radius 3 is 2.54 bits per heavy atom. The number of nitrogens with zero attached hydrogens (tertiary/aromatic N) is 4. The SMILES string of the molecule is Cn1c(C(=O)N(Cc2ccccn2)C2CCCCC2)cc(=O)n(C)c1=O. The summed E-state index contributed by atoms with van der Waals surface area (Å²) in [5, 5.41) is 0. The van der Waals surface area contributed by atoms with Gasteiger partial charge in [0.1, 0.15) is 5.69 Å². The van der Waals surface area contributed by atoms with Gasteiger partial charge in [-0.05, 0) is 25.0 Å². The zero-order valence-corrected chi connectivity index (χ0v) is 15.2. The summed E-state index contributed by atoms with van der Waals surface area (Å²) in [5.74, 6) is -0.292. The van der Waals surface area contributed by atoms with E-state index in [1.165, 1.54) is 31.1 Å². The van der Waals surface area contributed by atoms with E-state index in [0.717, 1.165) is 35.9 Å². The van der Waals surface area contributed by atoms with Crippen LogP contribution in [0.25, 0.3) is 0 Å². The first-order chi connectivity index (χ1) is 12.5. The van der Waals surface area contributed by atoms with E-state index in [9.17, 15) is 14.4 Å². The lowest BCUT2D eigenvalue weighted by atomic mass is 9.93. The van der Waals surface area contributed by atoms with E-state index in [-0.39, 0.29) is 17.6 Å². The second-order valence-electron chi connectivity index (χ2n) is 6.81. The molecule has 3 rings (SSSR count). The molecule has 0 radical (unpaired) electrons. The molecule has 26 heavy (non-hydrogen) atoms. The van der Waals surface area contributed by atoms with E-state index in [1.54, 1.807) is 11.1 Å². The van der Waals surface area contributed by atoms with Gasteiger partial charge in [-0.1, -0.05) is 25.3 Å². The maximum absolute atomic E-state index is 13.3. The van der Waals surface area contributed by atoms with Crippen molar-refractivity contribution in [3.63, 3.8) is 0 Å². The summed E-state index contributed by atoms with van der Waals surface area (Å²) < 4.78 is 2.25. The number of carbonyl (C=O) groups excluding carboxylic acids is 1. The first-order valence-electron chi connectivity index (χ1n) is 8.97. The molecule has 0 saturated heterocycles. The highest BCUT2D eigenvalue weighted by molar-refractivity contribution is 5.92. The van der Waals surface area contributed by atoms with Crippen LogP contribution in [0.2, 0.25) is 0 Å². The average molecular weight is 356 g/mol. The highest BCUT2D eigenvalue weighted by Gasteiger charge is 2.28. The minimum Gasteiger partial charge on any atom is -0.328 e. The maximum Gasteiger partial charge on any atom is 0.331 e. The molecule has 1 amide bonds. The van der Waals surface area contributed by atoms with Crippen LogP contribution in [-0.4, -0.2) is 31.0 Å². The Labute approximate surface area is 151 Å². The van der Waals surface area contributed by atoms with E-state index < -0.39 is 11.2 Å². The van der Waals surface area contributed by atoms with Crippen molar-refractivity contribution >= 4 is 5.91 Å². The molecule has 0 bridgehead atoms. The Balaban J connectivity index is 1.99. The zero-order chi connectivity index (χ0) is 18.7. The van der Waals surface area contributed by atoms with Gasteiger partial charge in [-0.15, -0.1) is 0 Å². The fourth-order valence-corrected chi connectivity index (χ4v) is 3.51. The van der Waals surface area contributed by atoms with Gasteiger partial charge in [-0.25, -0.2) is 4.79 Å². The van der Waals surface area contributed by atoms with Crippen LogP contribution in [0.4, 0.5) is 0 Å². The van der Waals surface area contributed by atoms with Crippen molar-refractivity contribution in [2.75, 3.05) is 0 Å². The molecule has 0 atom stereocenters. The Morgan fingerprint density at radius 1 is 1.15 bits per heavy atom. The lowest BCUT2D eigenvalue weighted by molar-refractivity contribution is 0.0598. The van der Waals surface area contributed by atoms with Crippen LogP contribution >= 0.6 is 0 Å². The molecule has 1 saturated carbocycles. The van der Waals surface area contributed by atoms with Crippen LogP contribution in [0.15, 0.2) is 40.1 Å². The minimum absolute atomic E-state index is 0.0948. The second-order valence-corrected chi connectivity index (χ2v) is 6.81. The fraction of sp³-hybridized carbons (Fsp3) is 0.474. The molecule has 0 unspecified atom stereocenters. The molecule has 0 spiro atoms. The smallest absolute Gasteiger partial charge is 0.328 e. The van der Waals surface area contributed by atoms with E-state index in [0.29, 0.717) is 6.54 Å². The van der Waals surface area contributed by atoms with Gasteiger partial charge < -0.3 is 4.90 Å². The van der Waals surface area contributed by atoms with Crippen molar-refractivity contribution in [3.8, 4) is 0 Å². The molecule has 1 fully saturated rings. The lowest BCUT2D eigenvalue weighted by Gasteiger charge is -2.34. The summed E-state index contributed by atoms with van der Waals surface area (Å²) in [6.07, 6.45) is 6.88. The third-order valence-corrected chi connectivity index (χ3v) is 5.08. The largest absolute Gasteiger partial charge is 0.331 e. The van der Waals surface area contributed by atoms with Crippen LogP contribution in [0, 0.1) is 0 Å². The van der Waals surface area contributed by atoms with Gasteiger partial charge in [0.25, 0.3) is 11.5 Å². The molecular weight excluding hydrogens is 332 g/mol. The highest BCUT2D eigenvalue weighted by atomic mass is 16.2. The highest BCUT2D eigenvalue weighted by Crippen LogP contribution is 2.25. The standard InChI is InChI=1S/C19H24N4O3/c1-21-16(12-17(24)22(2)19(21)26)18(25)23(15-9-4-3-5-10-15)13-14-8-6-7-11-20-14/h6-8,11-12,15H,3-5,9-10,13H2,1-2H3. The van der Waals surface area contributed by atoms with Crippen LogP contribution < -0.4 is 11.2 Å². The maximum atomic E-state index is 13.3. The van der Waals surface area contributed by atoms with Crippen molar-refractivity contribution in [2.24, 2.45) is 14.1 Å². The van der Waals surface area contributed by atoms with Crippen molar-refractivity contribution in [2.45, 2.75) is 44.7 Å². The topological polar surface area (TPSA) is 77.2 Å². The van der Waals surface area contributed by atoms with Crippen LogP contribution in [0.3, 0.4) is 0 Å². The van der Waals surface area contributed by atoms with Crippen molar-refractivity contribution in [1.82, 2.24) is 19.0 Å². The predicted molar refractivity (Wildman–Crippen MR) is 97.9 cm³/mol. The van der Waals surface area contributed by atoms with Gasteiger partial charge in [0.15, 0.2) is 0 Å². The quantitative estimate of drug-likeness (QED) is 0.831. The number of aromatic nitrogens is 3. The fourth-order valence-electron chi connectivity index (χ4n) is 3.51. The molecule has 2 aromatic rings. The zero-order valence-electron chi connectivity index (χ0n) is 15.2. The van der Waals surface area contributed by atoms with Gasteiger partial charge in [0, 0.05) is 32.4 Å². The van der Waals surface area contributed by atoms with Gasteiger partial charge in [-0.3, -0.25) is 23.7 Å². The first kappa shape index (κ1) is 18.1. The molecule has 1 aliphatic carbocycles. The number of pyridine rings is 1. The average Bonchev–Trinajstić information content (AvgIpc) is 2.68. The molecule has 7 heteroatoms. The summed E-state index contributed by atoms with van der Waals surface area (Å²) in [6, 6.07) is 6.95. The molecule has 0 aromatic carbocycles. The molecule has 7 nitrogen and oxygen atoms in total. The second kappa shape index (κ2) is 7.68. The summed E-state index contributed by atoms with van der Waals surface area (Å²) in [6.45, 7) is 0.369. The Kier molecular flexibility index (Phi) is 5.35. The molecule has 2 aromatic heterocycles. The Hall–Kier alpha value is -2.70.